The molecule has 3 nitrogen and oxygen atoms in total. The molecule has 0 bridgehead atoms. The van der Waals surface area contributed by atoms with Crippen molar-refractivity contribution in [2.24, 2.45) is 5.16 Å². The lowest BCUT2D eigenvalue weighted by atomic mass is 9.85. The second-order valence-electron chi connectivity index (χ2n) is 6.72. The molecule has 0 aliphatic carbocycles. The SMILES string of the molecule is COCc1[c]c(C)cc(C2(C(F)(F)F)CC(c3ccc(C(F)(F)F)cc3)=NO2)c1. The van der Waals surface area contributed by atoms with Gasteiger partial charge in [-0.1, -0.05) is 23.4 Å². The largest absolute Gasteiger partial charge is 0.435 e. The van der Waals surface area contributed by atoms with Crippen LogP contribution >= 0.6 is 0 Å². The number of alkyl halides is 6. The van der Waals surface area contributed by atoms with E-state index in [9.17, 15) is 26.3 Å². The average Bonchev–Trinajstić information content (AvgIpc) is 3.08. The zero-order chi connectivity index (χ0) is 21.4. The standard InChI is InChI=1S/C20H16F6NO2/c1-12-7-13(11-28-2)9-16(8-12)18(20(24,25)26)10-17(27-29-18)14-3-5-15(6-4-14)19(21,22)23/h3-6,8-9H,10-11H2,1-2H3. The van der Waals surface area contributed by atoms with Crippen molar-refractivity contribution in [1.29, 1.82) is 0 Å². The van der Waals surface area contributed by atoms with Crippen molar-refractivity contribution >= 4 is 5.71 Å². The molecule has 1 heterocycles. The number of aryl methyl sites for hydroxylation is 1. The Balaban J connectivity index is 1.97. The molecule has 0 saturated heterocycles. The lowest BCUT2D eigenvalue weighted by Gasteiger charge is -2.30. The fraction of sp³-hybridized carbons (Fsp3) is 0.350. The quantitative estimate of drug-likeness (QED) is 0.613. The van der Waals surface area contributed by atoms with E-state index in [1.165, 1.54) is 19.2 Å². The van der Waals surface area contributed by atoms with Gasteiger partial charge in [0.05, 0.1) is 17.9 Å². The van der Waals surface area contributed by atoms with Crippen LogP contribution in [0.15, 0.2) is 41.6 Å². The molecular weight excluding hydrogens is 400 g/mol. The van der Waals surface area contributed by atoms with Crippen LogP contribution in [0.2, 0.25) is 0 Å². The van der Waals surface area contributed by atoms with Gasteiger partial charge in [0.15, 0.2) is 0 Å². The van der Waals surface area contributed by atoms with Gasteiger partial charge in [-0.05, 0) is 47.9 Å². The molecule has 2 aromatic rings. The summed E-state index contributed by atoms with van der Waals surface area (Å²) in [6.07, 6.45) is -10.0. The molecule has 1 aliphatic rings. The van der Waals surface area contributed by atoms with Gasteiger partial charge in [-0.25, -0.2) is 0 Å². The monoisotopic (exact) mass is 416 g/mol. The van der Waals surface area contributed by atoms with E-state index in [2.05, 4.69) is 11.2 Å². The van der Waals surface area contributed by atoms with Crippen molar-refractivity contribution in [2.75, 3.05) is 7.11 Å². The third-order valence-electron chi connectivity index (χ3n) is 4.56. The maximum absolute atomic E-state index is 14.1. The summed E-state index contributed by atoms with van der Waals surface area (Å²) in [6, 6.07) is 9.26. The zero-order valence-corrected chi connectivity index (χ0v) is 15.4. The zero-order valence-electron chi connectivity index (χ0n) is 15.4. The van der Waals surface area contributed by atoms with Crippen molar-refractivity contribution in [3.8, 4) is 0 Å². The molecule has 1 aliphatic heterocycles. The maximum atomic E-state index is 14.1. The predicted molar refractivity (Wildman–Crippen MR) is 92.1 cm³/mol. The molecule has 29 heavy (non-hydrogen) atoms. The van der Waals surface area contributed by atoms with Crippen LogP contribution in [-0.4, -0.2) is 19.0 Å². The number of rotatable bonds is 4. The van der Waals surface area contributed by atoms with Crippen LogP contribution in [-0.2, 0) is 28.0 Å². The van der Waals surface area contributed by atoms with Gasteiger partial charge in [-0.2, -0.15) is 26.3 Å². The number of hydrogen-bond donors (Lipinski definition) is 0. The van der Waals surface area contributed by atoms with Crippen LogP contribution < -0.4 is 0 Å². The van der Waals surface area contributed by atoms with Gasteiger partial charge in [-0.3, -0.25) is 0 Å². The summed E-state index contributed by atoms with van der Waals surface area (Å²) in [4.78, 5) is 4.93. The van der Waals surface area contributed by atoms with Crippen LogP contribution in [0, 0.1) is 13.0 Å². The van der Waals surface area contributed by atoms with Crippen molar-refractivity contribution < 1.29 is 35.9 Å². The molecule has 3 rings (SSSR count). The highest BCUT2D eigenvalue weighted by molar-refractivity contribution is 6.01. The molecular formula is C20H16F6NO2. The molecule has 0 N–H and O–H groups in total. The lowest BCUT2D eigenvalue weighted by molar-refractivity contribution is -0.275. The van der Waals surface area contributed by atoms with Crippen LogP contribution in [0.3, 0.4) is 0 Å². The summed E-state index contributed by atoms with van der Waals surface area (Å²) < 4.78 is 85.3. The van der Waals surface area contributed by atoms with Crippen molar-refractivity contribution in [3.63, 3.8) is 0 Å². The first-order chi connectivity index (χ1) is 13.5. The number of benzene rings is 2. The summed E-state index contributed by atoms with van der Waals surface area (Å²) in [6.45, 7) is 1.66. The van der Waals surface area contributed by atoms with E-state index >= 15 is 0 Å². The Morgan fingerprint density at radius 2 is 1.76 bits per heavy atom. The summed E-state index contributed by atoms with van der Waals surface area (Å²) in [7, 11) is 1.41. The van der Waals surface area contributed by atoms with E-state index in [0.717, 1.165) is 24.3 Å². The Bertz CT molecular complexity index is 918. The number of nitrogens with zero attached hydrogens (tertiary/aromatic N) is 1. The van der Waals surface area contributed by atoms with Crippen LogP contribution in [0.5, 0.6) is 0 Å². The van der Waals surface area contributed by atoms with E-state index in [-0.39, 0.29) is 23.4 Å². The van der Waals surface area contributed by atoms with Crippen molar-refractivity contribution in [3.05, 3.63) is 70.3 Å². The Morgan fingerprint density at radius 3 is 2.31 bits per heavy atom. The second kappa shape index (κ2) is 7.37. The highest BCUT2D eigenvalue weighted by atomic mass is 19.4. The molecule has 0 aromatic heterocycles. The Morgan fingerprint density at radius 1 is 1.10 bits per heavy atom. The number of ether oxygens (including phenoxy) is 1. The lowest BCUT2D eigenvalue weighted by Crippen LogP contribution is -2.42. The van der Waals surface area contributed by atoms with Crippen LogP contribution in [0.1, 0.15) is 34.2 Å². The minimum absolute atomic E-state index is 0.0647. The molecule has 1 unspecified atom stereocenters. The molecule has 1 atom stereocenters. The fourth-order valence-electron chi connectivity index (χ4n) is 3.16. The summed E-state index contributed by atoms with van der Waals surface area (Å²) in [5.74, 6) is 0. The van der Waals surface area contributed by atoms with Gasteiger partial charge in [-0.15, -0.1) is 0 Å². The third kappa shape index (κ3) is 4.10. The number of halogens is 6. The number of methoxy groups -OCH3 is 1. The highest BCUT2D eigenvalue weighted by Crippen LogP contribution is 2.49. The van der Waals surface area contributed by atoms with E-state index in [0.29, 0.717) is 11.1 Å². The molecule has 0 saturated carbocycles. The molecule has 0 fully saturated rings. The summed E-state index contributed by atoms with van der Waals surface area (Å²) in [5.41, 5.74) is -2.90. The maximum Gasteiger partial charge on any atom is 0.435 e. The molecule has 0 amide bonds. The fourth-order valence-corrected chi connectivity index (χ4v) is 3.16. The minimum Gasteiger partial charge on any atom is -0.380 e. The van der Waals surface area contributed by atoms with Gasteiger partial charge in [0.1, 0.15) is 0 Å². The number of hydrogen-bond acceptors (Lipinski definition) is 3. The highest BCUT2D eigenvalue weighted by Gasteiger charge is 2.62. The van der Waals surface area contributed by atoms with Crippen molar-refractivity contribution in [1.82, 2.24) is 0 Å². The molecule has 9 heteroatoms. The van der Waals surface area contributed by atoms with Gasteiger partial charge in [0.2, 0.25) is 0 Å². The Labute approximate surface area is 162 Å². The van der Waals surface area contributed by atoms with Gasteiger partial charge in [0, 0.05) is 19.1 Å². The summed E-state index contributed by atoms with van der Waals surface area (Å²) in [5, 5.41) is 3.57. The topological polar surface area (TPSA) is 30.8 Å². The average molecular weight is 416 g/mol. The Hall–Kier alpha value is -2.55. The summed E-state index contributed by atoms with van der Waals surface area (Å²) >= 11 is 0. The molecule has 1 radical (unpaired) electrons. The van der Waals surface area contributed by atoms with E-state index in [1.54, 1.807) is 6.92 Å². The normalized spacial score (nSPS) is 19.8. The molecule has 2 aromatic carbocycles. The van der Waals surface area contributed by atoms with Crippen molar-refractivity contribution in [2.45, 2.75) is 37.9 Å². The third-order valence-corrected chi connectivity index (χ3v) is 4.56. The first-order valence-corrected chi connectivity index (χ1v) is 8.48. The van der Waals surface area contributed by atoms with Gasteiger partial charge < -0.3 is 9.57 Å². The van der Waals surface area contributed by atoms with Crippen LogP contribution in [0.4, 0.5) is 26.3 Å². The first-order valence-electron chi connectivity index (χ1n) is 8.48. The van der Waals surface area contributed by atoms with E-state index in [1.807, 2.05) is 0 Å². The van der Waals surface area contributed by atoms with E-state index in [4.69, 9.17) is 9.57 Å². The van der Waals surface area contributed by atoms with Crippen LogP contribution in [0.25, 0.3) is 0 Å². The Kier molecular flexibility index (Phi) is 5.38. The minimum atomic E-state index is -4.82. The predicted octanol–water partition coefficient (Wildman–Crippen LogP) is 5.54. The first kappa shape index (κ1) is 21.2. The second-order valence-corrected chi connectivity index (χ2v) is 6.72. The van der Waals surface area contributed by atoms with Gasteiger partial charge in [0.25, 0.3) is 5.60 Å². The number of oxime groups is 1. The molecule has 155 valence electrons. The van der Waals surface area contributed by atoms with E-state index < -0.39 is 29.9 Å². The van der Waals surface area contributed by atoms with Gasteiger partial charge >= 0.3 is 12.4 Å². The smallest absolute Gasteiger partial charge is 0.380 e. The molecule has 0 spiro atoms.